The van der Waals surface area contributed by atoms with Crippen molar-refractivity contribution in [2.75, 3.05) is 20.8 Å². The fourth-order valence-corrected chi connectivity index (χ4v) is 0.541. The number of hydrogen-bond acceptors (Lipinski definition) is 5. The van der Waals surface area contributed by atoms with Gasteiger partial charge < -0.3 is 15.6 Å². The lowest BCUT2D eigenvalue weighted by molar-refractivity contribution is -0.132. The molecule has 0 aromatic heterocycles. The molecule has 5 nitrogen and oxygen atoms in total. The zero-order valence-electron chi connectivity index (χ0n) is 7.07. The number of rotatable bonds is 3. The predicted octanol–water partition coefficient (Wildman–Crippen LogP) is -0.935. The molecule has 0 aromatic carbocycles. The zero-order chi connectivity index (χ0) is 9.56. The molecule has 0 fully saturated rings. The van der Waals surface area contributed by atoms with Crippen LogP contribution in [0.3, 0.4) is 0 Å². The maximum Gasteiger partial charge on any atom is 0.356 e. The molecular weight excluding hydrogens is 160 g/mol. The molecule has 0 radical (unpaired) electrons. The quantitative estimate of drug-likeness (QED) is 0.425. The molecule has 0 aliphatic heterocycles. The van der Waals surface area contributed by atoms with E-state index >= 15 is 0 Å². The van der Waals surface area contributed by atoms with Gasteiger partial charge in [0.15, 0.2) is 0 Å². The smallest absolute Gasteiger partial charge is 0.356 e. The number of methoxy groups -OCH3 is 1. The molecule has 3 N–H and O–H groups in total. The Balaban J connectivity index is 4.50. The standard InChI is InChI=1S/C7H12N2O3/c1-9-6(7(11)12-2)3-5(8)4-10/h3,10H,4,8H2,1-2H3/b5-3-,9-6?. The molecule has 0 saturated heterocycles. The minimum absolute atomic E-state index is 0.0871. The average molecular weight is 172 g/mol. The number of aliphatic hydroxyl groups excluding tert-OH is 1. The summed E-state index contributed by atoms with van der Waals surface area (Å²) in [5.74, 6) is -0.575. The Morgan fingerprint density at radius 1 is 1.75 bits per heavy atom. The van der Waals surface area contributed by atoms with Crippen LogP contribution >= 0.6 is 0 Å². The number of nitrogens with two attached hydrogens (primary N) is 1. The van der Waals surface area contributed by atoms with Crippen molar-refractivity contribution in [3.05, 3.63) is 11.8 Å². The first-order valence-corrected chi connectivity index (χ1v) is 3.27. The fraction of sp³-hybridized carbons (Fsp3) is 0.429. The van der Waals surface area contributed by atoms with Crippen molar-refractivity contribution in [2.24, 2.45) is 10.7 Å². The van der Waals surface area contributed by atoms with Crippen LogP contribution in [0.1, 0.15) is 0 Å². The van der Waals surface area contributed by atoms with Crippen LogP contribution in [0.5, 0.6) is 0 Å². The van der Waals surface area contributed by atoms with Gasteiger partial charge in [0.2, 0.25) is 0 Å². The highest BCUT2D eigenvalue weighted by molar-refractivity contribution is 6.41. The molecule has 0 aliphatic carbocycles. The number of carbonyl (C=O) groups excluding carboxylic acids is 1. The molecule has 0 spiro atoms. The third kappa shape index (κ3) is 3.16. The largest absolute Gasteiger partial charge is 0.464 e. The van der Waals surface area contributed by atoms with Crippen molar-refractivity contribution in [1.82, 2.24) is 0 Å². The summed E-state index contributed by atoms with van der Waals surface area (Å²) < 4.78 is 4.40. The highest BCUT2D eigenvalue weighted by Gasteiger charge is 2.07. The minimum atomic E-state index is -0.575. The summed E-state index contributed by atoms with van der Waals surface area (Å²) in [5, 5.41) is 8.53. The van der Waals surface area contributed by atoms with Gasteiger partial charge in [-0.25, -0.2) is 4.79 Å². The van der Waals surface area contributed by atoms with Gasteiger partial charge in [-0.1, -0.05) is 0 Å². The molecule has 0 aromatic rings. The lowest BCUT2D eigenvalue weighted by Gasteiger charge is -1.98. The van der Waals surface area contributed by atoms with Gasteiger partial charge in [-0.2, -0.15) is 0 Å². The molecule has 0 atom stereocenters. The molecule has 0 rings (SSSR count). The topological polar surface area (TPSA) is 84.9 Å². The lowest BCUT2D eigenvalue weighted by atomic mass is 10.3. The highest BCUT2D eigenvalue weighted by atomic mass is 16.5. The van der Waals surface area contributed by atoms with E-state index in [1.165, 1.54) is 20.2 Å². The molecule has 0 heterocycles. The summed E-state index contributed by atoms with van der Waals surface area (Å²) in [4.78, 5) is 14.5. The Morgan fingerprint density at radius 3 is 2.67 bits per heavy atom. The average Bonchev–Trinajstić information content (AvgIpc) is 2.12. The van der Waals surface area contributed by atoms with Gasteiger partial charge in [0.1, 0.15) is 5.71 Å². The lowest BCUT2D eigenvalue weighted by Crippen LogP contribution is -2.16. The van der Waals surface area contributed by atoms with Crippen LogP contribution in [0.4, 0.5) is 0 Å². The second kappa shape index (κ2) is 5.31. The van der Waals surface area contributed by atoms with E-state index in [0.29, 0.717) is 0 Å². The Morgan fingerprint density at radius 2 is 2.33 bits per heavy atom. The number of nitrogens with zero attached hydrogens (tertiary/aromatic N) is 1. The van der Waals surface area contributed by atoms with E-state index in [-0.39, 0.29) is 18.0 Å². The highest BCUT2D eigenvalue weighted by Crippen LogP contribution is 1.89. The second-order valence-electron chi connectivity index (χ2n) is 1.98. The Kier molecular flexibility index (Phi) is 4.71. The van der Waals surface area contributed by atoms with E-state index in [9.17, 15) is 4.79 Å². The van der Waals surface area contributed by atoms with Crippen molar-refractivity contribution in [3.8, 4) is 0 Å². The number of carbonyl (C=O) groups is 1. The molecule has 0 amide bonds. The number of esters is 1. The molecule has 68 valence electrons. The normalized spacial score (nSPS) is 12.9. The first kappa shape index (κ1) is 10.6. The third-order valence-corrected chi connectivity index (χ3v) is 1.14. The second-order valence-corrected chi connectivity index (χ2v) is 1.98. The van der Waals surface area contributed by atoms with Gasteiger partial charge in [0.25, 0.3) is 0 Å². The Labute approximate surface area is 70.5 Å². The van der Waals surface area contributed by atoms with Gasteiger partial charge in [-0.05, 0) is 6.08 Å². The van der Waals surface area contributed by atoms with Crippen molar-refractivity contribution >= 4 is 11.7 Å². The van der Waals surface area contributed by atoms with Gasteiger partial charge in [-0.3, -0.25) is 4.99 Å². The molecule has 0 aliphatic rings. The number of aliphatic imine (C=N–C) groups is 1. The van der Waals surface area contributed by atoms with Gasteiger partial charge >= 0.3 is 5.97 Å². The summed E-state index contributed by atoms with van der Waals surface area (Å²) in [6, 6.07) is 0. The maximum atomic E-state index is 10.9. The fourth-order valence-electron chi connectivity index (χ4n) is 0.541. The van der Waals surface area contributed by atoms with Crippen molar-refractivity contribution in [3.63, 3.8) is 0 Å². The first-order valence-electron chi connectivity index (χ1n) is 3.27. The van der Waals surface area contributed by atoms with E-state index < -0.39 is 5.97 Å². The summed E-state index contributed by atoms with van der Waals surface area (Å²) in [6.45, 7) is -0.310. The van der Waals surface area contributed by atoms with Crippen LogP contribution in [0.15, 0.2) is 16.8 Å². The molecule has 0 bridgehead atoms. The summed E-state index contributed by atoms with van der Waals surface area (Å²) >= 11 is 0. The van der Waals surface area contributed by atoms with E-state index in [2.05, 4.69) is 9.73 Å². The van der Waals surface area contributed by atoms with Crippen LogP contribution < -0.4 is 5.73 Å². The number of hydrogen-bond donors (Lipinski definition) is 2. The van der Waals surface area contributed by atoms with Gasteiger partial charge in [-0.15, -0.1) is 0 Å². The van der Waals surface area contributed by atoms with Crippen molar-refractivity contribution in [2.45, 2.75) is 0 Å². The third-order valence-electron chi connectivity index (χ3n) is 1.14. The summed E-state index contributed by atoms with van der Waals surface area (Å²) in [5.41, 5.74) is 5.52. The van der Waals surface area contributed by atoms with Gasteiger partial charge in [0, 0.05) is 12.7 Å². The van der Waals surface area contributed by atoms with Crippen LogP contribution in [0.2, 0.25) is 0 Å². The van der Waals surface area contributed by atoms with Crippen LogP contribution in [-0.2, 0) is 9.53 Å². The monoisotopic (exact) mass is 172 g/mol. The van der Waals surface area contributed by atoms with E-state index in [0.717, 1.165) is 0 Å². The first-order chi connectivity index (χ1) is 5.65. The van der Waals surface area contributed by atoms with E-state index in [1.54, 1.807) is 0 Å². The number of ether oxygens (including phenoxy) is 1. The van der Waals surface area contributed by atoms with Crippen LogP contribution in [0, 0.1) is 0 Å². The van der Waals surface area contributed by atoms with E-state index in [4.69, 9.17) is 10.8 Å². The SMILES string of the molecule is CN=C(/C=C(\N)CO)C(=O)OC. The minimum Gasteiger partial charge on any atom is -0.464 e. The Bertz CT molecular complexity index is 221. The van der Waals surface area contributed by atoms with Crippen LogP contribution in [-0.4, -0.2) is 37.6 Å². The Hall–Kier alpha value is -1.36. The maximum absolute atomic E-state index is 10.9. The van der Waals surface area contributed by atoms with Crippen molar-refractivity contribution in [1.29, 1.82) is 0 Å². The molecule has 12 heavy (non-hydrogen) atoms. The van der Waals surface area contributed by atoms with Crippen LogP contribution in [0.25, 0.3) is 0 Å². The summed E-state index contributed by atoms with van der Waals surface area (Å²) in [7, 11) is 2.68. The van der Waals surface area contributed by atoms with E-state index in [1.807, 2.05) is 0 Å². The predicted molar refractivity (Wildman–Crippen MR) is 44.7 cm³/mol. The van der Waals surface area contributed by atoms with Crippen molar-refractivity contribution < 1.29 is 14.6 Å². The number of aliphatic hydroxyl groups is 1. The molecular formula is C7H12N2O3. The summed E-state index contributed by atoms with van der Waals surface area (Å²) in [6.07, 6.45) is 1.27. The molecule has 5 heteroatoms. The molecule has 0 unspecified atom stereocenters. The van der Waals surface area contributed by atoms with Gasteiger partial charge in [0.05, 0.1) is 13.7 Å². The molecule has 0 saturated carbocycles. The zero-order valence-corrected chi connectivity index (χ0v) is 7.07.